The number of hydrogen-bond donors (Lipinski definition) is 1. The maximum atomic E-state index is 12.9. The number of aliphatic hydroxyl groups is 1. The number of aliphatic hydroxyl groups excluding tert-OH is 1. The van der Waals surface area contributed by atoms with Crippen LogP contribution in [0.5, 0.6) is 0 Å². The molecule has 2 aliphatic heterocycles. The molecule has 0 aromatic carbocycles. The zero-order valence-electron chi connectivity index (χ0n) is 8.89. The van der Waals surface area contributed by atoms with Crippen LogP contribution in [0.15, 0.2) is 0 Å². The van der Waals surface area contributed by atoms with Crippen LogP contribution >= 0.6 is 0 Å². The van der Waals surface area contributed by atoms with Crippen molar-refractivity contribution in [3.05, 3.63) is 0 Å². The van der Waals surface area contributed by atoms with Crippen LogP contribution in [-0.4, -0.2) is 41.2 Å². The molecule has 2 saturated heterocycles. The summed E-state index contributed by atoms with van der Waals surface area (Å²) in [6, 6.07) is 0. The summed E-state index contributed by atoms with van der Waals surface area (Å²) in [5.41, 5.74) is -0.580. The van der Waals surface area contributed by atoms with E-state index in [1.165, 1.54) is 0 Å². The quantitative estimate of drug-likeness (QED) is 0.709. The number of halogens is 2. The summed E-state index contributed by atoms with van der Waals surface area (Å²) in [5, 5.41) is 9.08. The number of nitrogens with zero attached hydrogens (tertiary/aromatic N) is 1. The molecule has 2 heterocycles. The average molecular weight is 207 g/mol. The van der Waals surface area contributed by atoms with E-state index in [0.717, 1.165) is 19.4 Å². The molecule has 0 bridgehead atoms. The van der Waals surface area contributed by atoms with E-state index in [0.29, 0.717) is 0 Å². The molecule has 2 fully saturated rings. The molecule has 0 aromatic heterocycles. The van der Waals surface area contributed by atoms with Crippen LogP contribution in [0.1, 0.15) is 33.1 Å². The van der Waals surface area contributed by atoms with Crippen molar-refractivity contribution in [3.63, 3.8) is 0 Å². The molecule has 0 saturated carbocycles. The first-order chi connectivity index (χ1) is 6.58. The summed E-state index contributed by atoms with van der Waals surface area (Å²) in [5.74, 6) is -2.58. The van der Waals surface area contributed by atoms with E-state index in [1.54, 1.807) is 4.90 Å². The standard InChI is InChI=1S/C8H13F2NO.C2H6/c9-8(10)4-7(6-12)2-1-3-11(7)5-8;1-2/h12H,1-6H2;1-2H3/t7-;/m0./s1. The van der Waals surface area contributed by atoms with Gasteiger partial charge < -0.3 is 5.11 Å². The summed E-state index contributed by atoms with van der Waals surface area (Å²) < 4.78 is 25.9. The van der Waals surface area contributed by atoms with Crippen LogP contribution in [0, 0.1) is 0 Å². The lowest BCUT2D eigenvalue weighted by Gasteiger charge is -2.28. The lowest BCUT2D eigenvalue weighted by Crippen LogP contribution is -2.41. The topological polar surface area (TPSA) is 23.5 Å². The van der Waals surface area contributed by atoms with Crippen LogP contribution in [0.2, 0.25) is 0 Å². The fraction of sp³-hybridized carbons (Fsp3) is 1.00. The van der Waals surface area contributed by atoms with Crippen LogP contribution in [0.25, 0.3) is 0 Å². The maximum Gasteiger partial charge on any atom is 0.262 e. The molecule has 2 nitrogen and oxygen atoms in total. The largest absolute Gasteiger partial charge is 0.394 e. The molecule has 0 aromatic rings. The van der Waals surface area contributed by atoms with Crippen LogP contribution in [0.3, 0.4) is 0 Å². The van der Waals surface area contributed by atoms with Gasteiger partial charge in [-0.3, -0.25) is 4.90 Å². The van der Waals surface area contributed by atoms with Gasteiger partial charge in [0, 0.05) is 6.42 Å². The van der Waals surface area contributed by atoms with Crippen molar-refractivity contribution in [1.29, 1.82) is 0 Å². The molecule has 4 heteroatoms. The van der Waals surface area contributed by atoms with E-state index in [-0.39, 0.29) is 19.6 Å². The maximum absolute atomic E-state index is 12.9. The molecule has 1 atom stereocenters. The highest BCUT2D eigenvalue weighted by molar-refractivity contribution is 5.05. The second kappa shape index (κ2) is 4.11. The van der Waals surface area contributed by atoms with E-state index < -0.39 is 11.5 Å². The lowest BCUT2D eigenvalue weighted by molar-refractivity contribution is 0.00767. The monoisotopic (exact) mass is 207 g/mol. The minimum atomic E-state index is -2.58. The third-order valence-corrected chi connectivity index (χ3v) is 3.05. The molecule has 0 amide bonds. The highest BCUT2D eigenvalue weighted by atomic mass is 19.3. The second-order valence-corrected chi connectivity index (χ2v) is 3.94. The van der Waals surface area contributed by atoms with Crippen molar-refractivity contribution in [2.75, 3.05) is 19.7 Å². The summed E-state index contributed by atoms with van der Waals surface area (Å²) in [7, 11) is 0. The van der Waals surface area contributed by atoms with E-state index >= 15 is 0 Å². The highest BCUT2D eigenvalue weighted by Gasteiger charge is 2.56. The zero-order valence-corrected chi connectivity index (χ0v) is 8.89. The average Bonchev–Trinajstić information content (AvgIpc) is 2.61. The SMILES string of the molecule is CC.OC[C@@]12CCCN1CC(F)(F)C2. The molecule has 0 unspecified atom stereocenters. The molecular weight excluding hydrogens is 188 g/mol. The third-order valence-electron chi connectivity index (χ3n) is 3.05. The van der Waals surface area contributed by atoms with Gasteiger partial charge in [-0.15, -0.1) is 0 Å². The molecule has 0 aliphatic carbocycles. The van der Waals surface area contributed by atoms with E-state index in [4.69, 9.17) is 5.11 Å². The van der Waals surface area contributed by atoms with E-state index in [2.05, 4.69) is 0 Å². The Bertz CT molecular complexity index is 199. The van der Waals surface area contributed by atoms with Gasteiger partial charge in [0.25, 0.3) is 5.92 Å². The summed E-state index contributed by atoms with van der Waals surface area (Å²) in [6.45, 7) is 4.44. The van der Waals surface area contributed by atoms with Gasteiger partial charge in [0.15, 0.2) is 0 Å². The Morgan fingerprint density at radius 1 is 1.36 bits per heavy atom. The van der Waals surface area contributed by atoms with Crippen LogP contribution in [0.4, 0.5) is 8.78 Å². The molecule has 2 aliphatic rings. The Morgan fingerprint density at radius 2 is 2.00 bits per heavy atom. The Labute approximate surface area is 83.9 Å². The first-order valence-electron chi connectivity index (χ1n) is 5.32. The minimum absolute atomic E-state index is 0.122. The van der Waals surface area contributed by atoms with Gasteiger partial charge in [-0.25, -0.2) is 8.78 Å². The molecule has 14 heavy (non-hydrogen) atoms. The Morgan fingerprint density at radius 3 is 2.50 bits per heavy atom. The summed E-state index contributed by atoms with van der Waals surface area (Å²) in [6.07, 6.45) is 1.51. The zero-order chi connectivity index (χ0) is 10.8. The first kappa shape index (κ1) is 11.9. The second-order valence-electron chi connectivity index (χ2n) is 3.94. The van der Waals surface area contributed by atoms with Gasteiger partial charge in [-0.1, -0.05) is 13.8 Å². The number of hydrogen-bond acceptors (Lipinski definition) is 2. The van der Waals surface area contributed by atoms with Crippen LogP contribution in [-0.2, 0) is 0 Å². The number of fused-ring (bicyclic) bond motifs is 1. The van der Waals surface area contributed by atoms with Gasteiger partial charge in [0.2, 0.25) is 0 Å². The minimum Gasteiger partial charge on any atom is -0.394 e. The highest BCUT2D eigenvalue weighted by Crippen LogP contribution is 2.45. The predicted molar refractivity (Wildman–Crippen MR) is 51.5 cm³/mol. The molecule has 84 valence electrons. The molecule has 0 radical (unpaired) electrons. The Hall–Kier alpha value is -0.220. The van der Waals surface area contributed by atoms with Gasteiger partial charge in [0.1, 0.15) is 0 Å². The van der Waals surface area contributed by atoms with Gasteiger partial charge in [-0.2, -0.15) is 0 Å². The Kier molecular flexibility index (Phi) is 3.48. The first-order valence-corrected chi connectivity index (χ1v) is 5.32. The van der Waals surface area contributed by atoms with Gasteiger partial charge >= 0.3 is 0 Å². The molecule has 1 N–H and O–H groups in total. The third kappa shape index (κ3) is 1.91. The predicted octanol–water partition coefficient (Wildman–Crippen LogP) is 1.88. The molecule has 2 rings (SSSR count). The number of rotatable bonds is 1. The van der Waals surface area contributed by atoms with E-state index in [1.807, 2.05) is 13.8 Å². The van der Waals surface area contributed by atoms with Crippen LogP contribution < -0.4 is 0 Å². The summed E-state index contributed by atoms with van der Waals surface area (Å²) in [4.78, 5) is 1.74. The number of alkyl halides is 2. The van der Waals surface area contributed by atoms with Crippen molar-refractivity contribution in [3.8, 4) is 0 Å². The summed E-state index contributed by atoms with van der Waals surface area (Å²) >= 11 is 0. The van der Waals surface area contributed by atoms with Gasteiger partial charge in [0.05, 0.1) is 18.7 Å². The fourth-order valence-electron chi connectivity index (χ4n) is 2.49. The smallest absolute Gasteiger partial charge is 0.262 e. The van der Waals surface area contributed by atoms with Crippen molar-refractivity contribution in [2.24, 2.45) is 0 Å². The normalized spacial score (nSPS) is 34.9. The lowest BCUT2D eigenvalue weighted by atomic mass is 9.94. The molecule has 0 spiro atoms. The van der Waals surface area contributed by atoms with Crippen molar-refractivity contribution in [1.82, 2.24) is 4.90 Å². The van der Waals surface area contributed by atoms with Crippen molar-refractivity contribution < 1.29 is 13.9 Å². The van der Waals surface area contributed by atoms with Gasteiger partial charge in [-0.05, 0) is 19.4 Å². The van der Waals surface area contributed by atoms with E-state index in [9.17, 15) is 8.78 Å². The Balaban J connectivity index is 0.000000461. The fourth-order valence-corrected chi connectivity index (χ4v) is 2.49. The van der Waals surface area contributed by atoms with Crippen molar-refractivity contribution in [2.45, 2.75) is 44.6 Å². The van der Waals surface area contributed by atoms with Crippen molar-refractivity contribution >= 4 is 0 Å². The molecular formula is C10H19F2NO.